The number of carbonyl (C=O) groups is 1. The second-order valence-electron chi connectivity index (χ2n) is 8.62. The first-order chi connectivity index (χ1) is 12.3. The van der Waals surface area contributed by atoms with Crippen LogP contribution in [0, 0.1) is 6.92 Å². The van der Waals surface area contributed by atoms with Crippen LogP contribution in [0.2, 0.25) is 0 Å². The lowest BCUT2D eigenvalue weighted by Gasteiger charge is -2.52. The van der Waals surface area contributed by atoms with Gasteiger partial charge in [0.05, 0.1) is 0 Å². The lowest BCUT2D eigenvalue weighted by Crippen LogP contribution is -2.62. The van der Waals surface area contributed by atoms with Crippen molar-refractivity contribution in [3.05, 3.63) is 35.4 Å². The maximum atomic E-state index is 11.6. The molecule has 144 valence electrons. The molecule has 0 aliphatic carbocycles. The molecule has 1 aromatic carbocycles. The number of aryl methyl sites for hydroxylation is 1. The topological polar surface area (TPSA) is 26.8 Å². The molecule has 2 fully saturated rings. The van der Waals surface area contributed by atoms with Crippen molar-refractivity contribution in [3.8, 4) is 0 Å². The fourth-order valence-electron chi connectivity index (χ4n) is 4.69. The van der Waals surface area contributed by atoms with Crippen molar-refractivity contribution < 1.29 is 4.79 Å². The molecular weight excluding hydrogens is 322 g/mol. The Morgan fingerprint density at radius 3 is 2.27 bits per heavy atom. The molecule has 1 amide bonds. The highest BCUT2D eigenvalue weighted by atomic mass is 16.2. The van der Waals surface area contributed by atoms with Gasteiger partial charge in [0.1, 0.15) is 0 Å². The van der Waals surface area contributed by atoms with E-state index in [-0.39, 0.29) is 11.4 Å². The third-order valence-corrected chi connectivity index (χ3v) is 6.79. The van der Waals surface area contributed by atoms with Gasteiger partial charge in [-0.25, -0.2) is 0 Å². The van der Waals surface area contributed by atoms with Gasteiger partial charge in [0, 0.05) is 57.3 Å². The van der Waals surface area contributed by atoms with Crippen molar-refractivity contribution in [2.75, 3.05) is 32.7 Å². The van der Waals surface area contributed by atoms with Crippen molar-refractivity contribution >= 4 is 5.91 Å². The number of hydrogen-bond acceptors (Lipinski definition) is 3. The Balaban J connectivity index is 1.61. The number of carbonyl (C=O) groups excluding carboxylic acids is 1. The number of piperidine rings is 1. The number of likely N-dealkylation sites (tertiary alicyclic amines) is 1. The van der Waals surface area contributed by atoms with E-state index in [1.54, 1.807) is 6.92 Å². The van der Waals surface area contributed by atoms with Crippen LogP contribution in [0.3, 0.4) is 0 Å². The molecule has 2 saturated heterocycles. The van der Waals surface area contributed by atoms with Gasteiger partial charge in [-0.05, 0) is 46.1 Å². The predicted octanol–water partition coefficient (Wildman–Crippen LogP) is 3.46. The molecule has 0 aromatic heterocycles. The first-order valence-corrected chi connectivity index (χ1v) is 10.1. The van der Waals surface area contributed by atoms with Crippen molar-refractivity contribution in [2.24, 2.45) is 0 Å². The fraction of sp³-hybridized carbons (Fsp3) is 0.682. The van der Waals surface area contributed by atoms with E-state index in [4.69, 9.17) is 0 Å². The summed E-state index contributed by atoms with van der Waals surface area (Å²) in [6, 6.07) is 9.99. The van der Waals surface area contributed by atoms with Crippen LogP contribution in [-0.4, -0.2) is 64.9 Å². The maximum absolute atomic E-state index is 11.6. The molecule has 3 rings (SSSR count). The molecule has 2 atom stereocenters. The molecule has 2 aliphatic rings. The highest BCUT2D eigenvalue weighted by Gasteiger charge is 2.40. The summed E-state index contributed by atoms with van der Waals surface area (Å²) >= 11 is 0. The second-order valence-corrected chi connectivity index (χ2v) is 8.62. The molecule has 0 N–H and O–H groups in total. The van der Waals surface area contributed by atoms with Crippen LogP contribution in [0.25, 0.3) is 0 Å². The lowest BCUT2D eigenvalue weighted by molar-refractivity contribution is -0.132. The zero-order valence-electron chi connectivity index (χ0n) is 17.2. The number of piperazine rings is 1. The predicted molar refractivity (Wildman–Crippen MR) is 107 cm³/mol. The Labute approximate surface area is 159 Å². The van der Waals surface area contributed by atoms with Gasteiger partial charge in [-0.3, -0.25) is 14.6 Å². The average Bonchev–Trinajstić information content (AvgIpc) is 2.62. The summed E-state index contributed by atoms with van der Waals surface area (Å²) in [5, 5.41) is 0. The van der Waals surface area contributed by atoms with Crippen LogP contribution in [0.5, 0.6) is 0 Å². The van der Waals surface area contributed by atoms with Crippen molar-refractivity contribution in [1.29, 1.82) is 0 Å². The summed E-state index contributed by atoms with van der Waals surface area (Å²) in [6.45, 7) is 16.1. The number of hydrogen-bond donors (Lipinski definition) is 0. The Bertz CT molecular complexity index is 619. The van der Waals surface area contributed by atoms with Crippen LogP contribution >= 0.6 is 0 Å². The van der Waals surface area contributed by atoms with Crippen LogP contribution in [-0.2, 0) is 4.79 Å². The second kappa shape index (κ2) is 7.69. The standard InChI is InChI=1S/C22H35N3O/c1-17-6-8-21(9-7-17)19(3)25-15-14-24(16-18(25)2)22(5)10-12-23(13-11-22)20(4)26/h6-9,18-19H,10-16H2,1-5H3/t18-,19?/m0/s1. The Kier molecular flexibility index (Phi) is 5.73. The molecule has 0 saturated carbocycles. The van der Waals surface area contributed by atoms with E-state index in [1.807, 2.05) is 4.90 Å². The van der Waals surface area contributed by atoms with E-state index in [1.165, 1.54) is 11.1 Å². The van der Waals surface area contributed by atoms with Crippen LogP contribution in [0.1, 0.15) is 57.7 Å². The number of amides is 1. The molecule has 2 heterocycles. The van der Waals surface area contributed by atoms with E-state index in [9.17, 15) is 4.79 Å². The first-order valence-electron chi connectivity index (χ1n) is 10.1. The first kappa shape index (κ1) is 19.4. The van der Waals surface area contributed by atoms with Crippen molar-refractivity contribution in [3.63, 3.8) is 0 Å². The Morgan fingerprint density at radius 2 is 1.73 bits per heavy atom. The number of nitrogens with zero attached hydrogens (tertiary/aromatic N) is 3. The average molecular weight is 358 g/mol. The summed E-state index contributed by atoms with van der Waals surface area (Å²) in [7, 11) is 0. The van der Waals surface area contributed by atoms with Gasteiger partial charge in [-0.15, -0.1) is 0 Å². The monoisotopic (exact) mass is 357 g/mol. The molecule has 1 aromatic rings. The Morgan fingerprint density at radius 1 is 1.12 bits per heavy atom. The van der Waals surface area contributed by atoms with Gasteiger partial charge in [-0.2, -0.15) is 0 Å². The lowest BCUT2D eigenvalue weighted by atomic mass is 9.86. The van der Waals surface area contributed by atoms with E-state index in [0.717, 1.165) is 45.6 Å². The molecular formula is C22H35N3O. The van der Waals surface area contributed by atoms with Gasteiger partial charge < -0.3 is 4.90 Å². The highest BCUT2D eigenvalue weighted by Crippen LogP contribution is 2.33. The van der Waals surface area contributed by atoms with Gasteiger partial charge in [0.25, 0.3) is 0 Å². The van der Waals surface area contributed by atoms with Crippen LogP contribution < -0.4 is 0 Å². The largest absolute Gasteiger partial charge is 0.343 e. The van der Waals surface area contributed by atoms with Crippen LogP contribution in [0.4, 0.5) is 0 Å². The van der Waals surface area contributed by atoms with Gasteiger partial charge in [0.2, 0.25) is 5.91 Å². The molecule has 4 heteroatoms. The summed E-state index contributed by atoms with van der Waals surface area (Å²) in [5.41, 5.74) is 2.97. The minimum Gasteiger partial charge on any atom is -0.343 e. The molecule has 0 bridgehead atoms. The van der Waals surface area contributed by atoms with Crippen LogP contribution in [0.15, 0.2) is 24.3 Å². The smallest absolute Gasteiger partial charge is 0.219 e. The quantitative estimate of drug-likeness (QED) is 0.829. The zero-order chi connectivity index (χ0) is 18.9. The van der Waals surface area contributed by atoms with Gasteiger partial charge in [-0.1, -0.05) is 29.8 Å². The molecule has 0 radical (unpaired) electrons. The van der Waals surface area contributed by atoms with E-state index in [2.05, 4.69) is 61.8 Å². The van der Waals surface area contributed by atoms with E-state index >= 15 is 0 Å². The van der Waals surface area contributed by atoms with Crippen molar-refractivity contribution in [1.82, 2.24) is 14.7 Å². The number of benzene rings is 1. The van der Waals surface area contributed by atoms with E-state index < -0.39 is 0 Å². The normalized spacial score (nSPS) is 25.9. The molecule has 26 heavy (non-hydrogen) atoms. The van der Waals surface area contributed by atoms with Gasteiger partial charge >= 0.3 is 0 Å². The molecule has 4 nitrogen and oxygen atoms in total. The minimum atomic E-state index is 0.220. The summed E-state index contributed by atoms with van der Waals surface area (Å²) in [5.74, 6) is 0.220. The zero-order valence-corrected chi connectivity index (χ0v) is 17.2. The molecule has 2 aliphatic heterocycles. The highest BCUT2D eigenvalue weighted by molar-refractivity contribution is 5.73. The van der Waals surface area contributed by atoms with E-state index in [0.29, 0.717) is 12.1 Å². The Hall–Kier alpha value is -1.39. The summed E-state index contributed by atoms with van der Waals surface area (Å²) in [4.78, 5) is 19.0. The summed E-state index contributed by atoms with van der Waals surface area (Å²) in [6.07, 6.45) is 2.18. The maximum Gasteiger partial charge on any atom is 0.219 e. The third kappa shape index (κ3) is 3.96. The number of rotatable bonds is 3. The summed E-state index contributed by atoms with van der Waals surface area (Å²) < 4.78 is 0. The minimum absolute atomic E-state index is 0.220. The third-order valence-electron chi connectivity index (χ3n) is 6.79. The molecule has 1 unspecified atom stereocenters. The SMILES string of the molecule is CC(=O)N1CCC(C)(N2CCN(C(C)c3ccc(C)cc3)[C@@H](C)C2)CC1. The fourth-order valence-corrected chi connectivity index (χ4v) is 4.69. The van der Waals surface area contributed by atoms with Gasteiger partial charge in [0.15, 0.2) is 0 Å². The van der Waals surface area contributed by atoms with Crippen molar-refractivity contribution in [2.45, 2.75) is 65.1 Å². The molecule has 0 spiro atoms.